The van der Waals surface area contributed by atoms with Gasteiger partial charge in [0.05, 0.1) is 25.8 Å². The van der Waals surface area contributed by atoms with Gasteiger partial charge >= 0.3 is 0 Å². The number of nitrogens with one attached hydrogen (secondary N) is 1. The smallest absolute Gasteiger partial charge is 0.295 e. The Kier molecular flexibility index (Phi) is 6.40. The highest BCUT2D eigenvalue weighted by Gasteiger charge is 2.45. The van der Waals surface area contributed by atoms with Crippen molar-refractivity contribution in [3.05, 3.63) is 101 Å². The van der Waals surface area contributed by atoms with Crippen LogP contribution in [0.1, 0.15) is 22.7 Å². The van der Waals surface area contributed by atoms with Gasteiger partial charge in [0, 0.05) is 29.2 Å². The van der Waals surface area contributed by atoms with Crippen LogP contribution in [-0.2, 0) is 16.0 Å². The third kappa shape index (κ3) is 4.42. The van der Waals surface area contributed by atoms with Crippen molar-refractivity contribution in [1.29, 1.82) is 0 Å². The molecule has 0 bridgehead atoms. The van der Waals surface area contributed by atoms with Crippen LogP contribution in [0.4, 0.5) is 4.39 Å². The molecule has 1 saturated heterocycles. The molecule has 4 aromatic rings. The Morgan fingerprint density at radius 2 is 1.65 bits per heavy atom. The summed E-state index contributed by atoms with van der Waals surface area (Å²) in [5, 5.41) is 12.1. The van der Waals surface area contributed by atoms with Gasteiger partial charge in [-0.15, -0.1) is 0 Å². The van der Waals surface area contributed by atoms with E-state index in [1.54, 1.807) is 31.4 Å². The van der Waals surface area contributed by atoms with Crippen molar-refractivity contribution in [2.45, 2.75) is 12.5 Å². The number of carbonyl (C=O) groups is 2. The Morgan fingerprint density at radius 3 is 2.32 bits per heavy atom. The van der Waals surface area contributed by atoms with Crippen molar-refractivity contribution >= 4 is 28.4 Å². The number of aliphatic hydroxyl groups is 1. The van der Waals surface area contributed by atoms with Crippen LogP contribution >= 0.6 is 0 Å². The van der Waals surface area contributed by atoms with E-state index in [9.17, 15) is 19.1 Å². The van der Waals surface area contributed by atoms with Gasteiger partial charge < -0.3 is 24.5 Å². The van der Waals surface area contributed by atoms with Gasteiger partial charge in [-0.1, -0.05) is 12.1 Å². The number of likely N-dealkylation sites (tertiary alicyclic amines) is 1. The van der Waals surface area contributed by atoms with Crippen LogP contribution in [0, 0.1) is 5.82 Å². The van der Waals surface area contributed by atoms with Crippen LogP contribution in [-0.4, -0.2) is 47.4 Å². The zero-order valence-corrected chi connectivity index (χ0v) is 20.3. The van der Waals surface area contributed by atoms with Crippen LogP contribution in [0.2, 0.25) is 0 Å². The maximum Gasteiger partial charge on any atom is 0.295 e. The van der Waals surface area contributed by atoms with E-state index in [0.717, 1.165) is 16.5 Å². The van der Waals surface area contributed by atoms with Gasteiger partial charge in [0.25, 0.3) is 11.7 Å². The summed E-state index contributed by atoms with van der Waals surface area (Å²) in [7, 11) is 3.12. The number of aliphatic hydroxyl groups excluding tert-OH is 1. The van der Waals surface area contributed by atoms with Crippen molar-refractivity contribution in [2.75, 3.05) is 20.8 Å². The van der Waals surface area contributed by atoms with E-state index >= 15 is 0 Å². The molecule has 3 aromatic carbocycles. The van der Waals surface area contributed by atoms with Gasteiger partial charge in [-0.2, -0.15) is 0 Å². The summed E-state index contributed by atoms with van der Waals surface area (Å²) < 4.78 is 24.2. The fraction of sp³-hybridized carbons (Fsp3) is 0.172. The summed E-state index contributed by atoms with van der Waals surface area (Å²) in [6.45, 7) is 0.205. The van der Waals surface area contributed by atoms with E-state index in [4.69, 9.17) is 9.47 Å². The Bertz CT molecular complexity index is 1510. The first-order chi connectivity index (χ1) is 17.9. The topological polar surface area (TPSA) is 91.9 Å². The molecule has 37 heavy (non-hydrogen) atoms. The summed E-state index contributed by atoms with van der Waals surface area (Å²) in [5.74, 6) is -0.953. The van der Waals surface area contributed by atoms with Crippen LogP contribution < -0.4 is 9.47 Å². The maximum atomic E-state index is 13.7. The molecule has 5 rings (SSSR count). The molecule has 1 aliphatic rings. The fourth-order valence-corrected chi connectivity index (χ4v) is 4.74. The number of aromatic nitrogens is 1. The summed E-state index contributed by atoms with van der Waals surface area (Å²) >= 11 is 0. The molecular formula is C29H25FN2O5. The lowest BCUT2D eigenvalue weighted by Crippen LogP contribution is -2.31. The highest BCUT2D eigenvalue weighted by molar-refractivity contribution is 6.46. The first-order valence-electron chi connectivity index (χ1n) is 11.7. The summed E-state index contributed by atoms with van der Waals surface area (Å²) in [6, 6.07) is 16.9. The van der Waals surface area contributed by atoms with Crippen molar-refractivity contribution < 1.29 is 28.6 Å². The summed E-state index contributed by atoms with van der Waals surface area (Å²) in [5.41, 5.74) is 2.73. The second-order valence-electron chi connectivity index (χ2n) is 8.75. The zero-order valence-electron chi connectivity index (χ0n) is 20.3. The molecule has 1 atom stereocenters. The largest absolute Gasteiger partial charge is 0.507 e. The molecule has 0 spiro atoms. The molecule has 0 saturated carbocycles. The number of benzene rings is 3. The predicted molar refractivity (Wildman–Crippen MR) is 137 cm³/mol. The highest BCUT2D eigenvalue weighted by atomic mass is 19.1. The summed E-state index contributed by atoms with van der Waals surface area (Å²) in [4.78, 5) is 31.1. The number of Topliss-reactive ketones (excluding diaryl/α,β-unsaturated/α-hetero) is 1. The standard InChI is InChI=1S/C29H25FN2O5/c1-36-21-9-5-18(6-10-21)27(33)25-26(17-3-7-20(30)8-4-17)32(29(35)28(25)34)14-13-19-16-31-24-12-11-22(37-2)15-23(19)24/h3-12,15-16,26,31,33H,13-14H2,1-2H3/t26-/m0/s1. The minimum Gasteiger partial charge on any atom is -0.507 e. The number of halogens is 1. The van der Waals surface area contributed by atoms with Gasteiger partial charge in [-0.05, 0) is 72.1 Å². The molecule has 8 heteroatoms. The fourth-order valence-electron chi connectivity index (χ4n) is 4.74. The number of fused-ring (bicyclic) bond motifs is 1. The highest BCUT2D eigenvalue weighted by Crippen LogP contribution is 2.40. The van der Waals surface area contributed by atoms with Gasteiger partial charge in [-0.3, -0.25) is 9.59 Å². The second kappa shape index (κ2) is 9.81. The second-order valence-corrected chi connectivity index (χ2v) is 8.75. The van der Waals surface area contributed by atoms with E-state index in [-0.39, 0.29) is 17.9 Å². The van der Waals surface area contributed by atoms with E-state index in [1.807, 2.05) is 24.4 Å². The van der Waals surface area contributed by atoms with Crippen LogP contribution in [0.5, 0.6) is 11.5 Å². The molecule has 188 valence electrons. The van der Waals surface area contributed by atoms with Crippen molar-refractivity contribution in [3.63, 3.8) is 0 Å². The number of nitrogens with zero attached hydrogens (tertiary/aromatic N) is 1. The third-order valence-corrected chi connectivity index (χ3v) is 6.69. The number of amides is 1. The monoisotopic (exact) mass is 500 g/mol. The van der Waals surface area contributed by atoms with E-state index in [1.165, 1.54) is 36.3 Å². The molecule has 1 aromatic heterocycles. The Balaban J connectivity index is 1.54. The number of ether oxygens (including phenoxy) is 2. The quantitative estimate of drug-likeness (QED) is 0.212. The molecule has 1 amide bonds. The number of hydrogen-bond acceptors (Lipinski definition) is 5. The minimum absolute atomic E-state index is 0.0395. The average Bonchev–Trinajstić information content (AvgIpc) is 3.44. The summed E-state index contributed by atoms with van der Waals surface area (Å²) in [6.07, 6.45) is 2.31. The Labute approximate surface area is 212 Å². The van der Waals surface area contributed by atoms with E-state index in [0.29, 0.717) is 29.0 Å². The van der Waals surface area contributed by atoms with Crippen LogP contribution in [0.3, 0.4) is 0 Å². The Hall–Kier alpha value is -4.59. The normalized spacial score (nSPS) is 16.9. The first-order valence-corrected chi connectivity index (χ1v) is 11.7. The number of rotatable bonds is 7. The molecule has 1 fully saturated rings. The predicted octanol–water partition coefficient (Wildman–Crippen LogP) is 4.99. The molecule has 0 aliphatic carbocycles. The molecular weight excluding hydrogens is 475 g/mol. The zero-order chi connectivity index (χ0) is 26.1. The van der Waals surface area contributed by atoms with Crippen molar-refractivity contribution in [3.8, 4) is 11.5 Å². The molecule has 7 nitrogen and oxygen atoms in total. The average molecular weight is 501 g/mol. The lowest BCUT2D eigenvalue weighted by molar-refractivity contribution is -0.139. The number of hydrogen-bond donors (Lipinski definition) is 2. The molecule has 0 radical (unpaired) electrons. The SMILES string of the molecule is COc1ccc(C(O)=C2C(=O)C(=O)N(CCc3c[nH]c4ccc(OC)cc34)[C@H]2c2ccc(F)cc2)cc1. The maximum absolute atomic E-state index is 13.7. The minimum atomic E-state index is -0.873. The number of ketones is 1. The number of aromatic amines is 1. The number of carbonyl (C=O) groups excluding carboxylic acids is 2. The lowest BCUT2D eigenvalue weighted by atomic mass is 9.95. The van der Waals surface area contributed by atoms with Crippen LogP contribution in [0.15, 0.2) is 78.5 Å². The van der Waals surface area contributed by atoms with Crippen molar-refractivity contribution in [1.82, 2.24) is 9.88 Å². The van der Waals surface area contributed by atoms with E-state index in [2.05, 4.69) is 4.98 Å². The van der Waals surface area contributed by atoms with Gasteiger partial charge in [0.2, 0.25) is 0 Å². The molecule has 0 unspecified atom stereocenters. The third-order valence-electron chi connectivity index (χ3n) is 6.69. The van der Waals surface area contributed by atoms with Gasteiger partial charge in [0.1, 0.15) is 23.1 Å². The van der Waals surface area contributed by atoms with E-state index < -0.39 is 23.5 Å². The van der Waals surface area contributed by atoms with Gasteiger partial charge in [0.15, 0.2) is 0 Å². The lowest BCUT2D eigenvalue weighted by Gasteiger charge is -2.25. The molecule has 2 heterocycles. The first kappa shape index (κ1) is 24.1. The number of methoxy groups -OCH3 is 2. The molecule has 1 aliphatic heterocycles. The Morgan fingerprint density at radius 1 is 0.973 bits per heavy atom. The van der Waals surface area contributed by atoms with Gasteiger partial charge in [-0.25, -0.2) is 4.39 Å². The van der Waals surface area contributed by atoms with Crippen LogP contribution in [0.25, 0.3) is 16.7 Å². The van der Waals surface area contributed by atoms with Crippen molar-refractivity contribution in [2.24, 2.45) is 0 Å². The number of H-pyrrole nitrogens is 1. The molecule has 2 N–H and O–H groups in total.